The SMILES string of the molecule is CC(C)(C)c1scc2c1COC2(C)C. The second kappa shape index (κ2) is 2.83. The Hall–Kier alpha value is -0.340. The molecular formula is C12H18OS. The van der Waals surface area contributed by atoms with E-state index in [1.165, 1.54) is 16.0 Å². The normalized spacial score (nSPS) is 19.8. The van der Waals surface area contributed by atoms with Gasteiger partial charge in [-0.15, -0.1) is 11.3 Å². The largest absolute Gasteiger partial charge is 0.366 e. The Kier molecular flexibility index (Phi) is 2.06. The van der Waals surface area contributed by atoms with Gasteiger partial charge in [-0.05, 0) is 35.8 Å². The van der Waals surface area contributed by atoms with Gasteiger partial charge >= 0.3 is 0 Å². The number of hydrogen-bond donors (Lipinski definition) is 0. The summed E-state index contributed by atoms with van der Waals surface area (Å²) in [6.07, 6.45) is 0. The Morgan fingerprint density at radius 1 is 1.36 bits per heavy atom. The van der Waals surface area contributed by atoms with Crippen molar-refractivity contribution in [3.05, 3.63) is 21.4 Å². The average molecular weight is 210 g/mol. The zero-order chi connectivity index (χ0) is 10.6. The highest BCUT2D eigenvalue weighted by atomic mass is 32.1. The van der Waals surface area contributed by atoms with Crippen LogP contribution in [0.5, 0.6) is 0 Å². The number of fused-ring (bicyclic) bond motifs is 1. The molecule has 1 aromatic rings. The van der Waals surface area contributed by atoms with E-state index in [2.05, 4.69) is 40.0 Å². The Morgan fingerprint density at radius 3 is 2.57 bits per heavy atom. The number of rotatable bonds is 0. The second-order valence-corrected chi connectivity index (χ2v) is 6.39. The molecule has 1 aliphatic heterocycles. The first-order valence-electron chi connectivity index (χ1n) is 5.07. The molecule has 0 bridgehead atoms. The molecule has 2 rings (SSSR count). The quantitative estimate of drug-likeness (QED) is 0.632. The third-order valence-corrected chi connectivity index (χ3v) is 4.25. The van der Waals surface area contributed by atoms with E-state index in [0.717, 1.165) is 6.61 Å². The molecule has 0 saturated heterocycles. The van der Waals surface area contributed by atoms with E-state index in [1.807, 2.05) is 11.3 Å². The lowest BCUT2D eigenvalue weighted by Gasteiger charge is -2.17. The molecule has 0 spiro atoms. The van der Waals surface area contributed by atoms with Crippen molar-refractivity contribution < 1.29 is 4.74 Å². The van der Waals surface area contributed by atoms with Crippen molar-refractivity contribution in [2.75, 3.05) is 0 Å². The molecule has 0 radical (unpaired) electrons. The van der Waals surface area contributed by atoms with Gasteiger partial charge in [0.25, 0.3) is 0 Å². The topological polar surface area (TPSA) is 9.23 Å². The van der Waals surface area contributed by atoms with Gasteiger partial charge in [0, 0.05) is 4.88 Å². The average Bonchev–Trinajstić information content (AvgIpc) is 2.51. The first-order valence-corrected chi connectivity index (χ1v) is 5.95. The van der Waals surface area contributed by atoms with Crippen LogP contribution in [0.25, 0.3) is 0 Å². The maximum Gasteiger partial charge on any atom is 0.0891 e. The van der Waals surface area contributed by atoms with Crippen LogP contribution in [0.4, 0.5) is 0 Å². The zero-order valence-corrected chi connectivity index (χ0v) is 10.4. The summed E-state index contributed by atoms with van der Waals surface area (Å²) >= 11 is 1.88. The standard InChI is InChI=1S/C12H18OS/c1-11(2,3)10-8-6-13-12(4,5)9(8)7-14-10/h7H,6H2,1-5H3. The van der Waals surface area contributed by atoms with E-state index in [1.54, 1.807) is 0 Å². The number of hydrogen-bond acceptors (Lipinski definition) is 2. The van der Waals surface area contributed by atoms with E-state index >= 15 is 0 Å². The number of ether oxygens (including phenoxy) is 1. The predicted octanol–water partition coefficient (Wildman–Crippen LogP) is 3.81. The Balaban J connectivity index is 2.51. The van der Waals surface area contributed by atoms with Crippen LogP contribution in [0, 0.1) is 0 Å². The van der Waals surface area contributed by atoms with E-state index in [4.69, 9.17) is 4.74 Å². The van der Waals surface area contributed by atoms with Crippen molar-refractivity contribution in [3.63, 3.8) is 0 Å². The highest BCUT2D eigenvalue weighted by Crippen LogP contribution is 2.44. The van der Waals surface area contributed by atoms with Crippen LogP contribution >= 0.6 is 11.3 Å². The summed E-state index contributed by atoms with van der Waals surface area (Å²) in [4.78, 5) is 1.48. The van der Waals surface area contributed by atoms with Gasteiger partial charge in [-0.3, -0.25) is 0 Å². The zero-order valence-electron chi connectivity index (χ0n) is 9.60. The molecule has 0 atom stereocenters. The molecule has 2 heteroatoms. The van der Waals surface area contributed by atoms with Gasteiger partial charge in [0.15, 0.2) is 0 Å². The maximum absolute atomic E-state index is 5.79. The fourth-order valence-electron chi connectivity index (χ4n) is 1.99. The van der Waals surface area contributed by atoms with Crippen molar-refractivity contribution in [1.29, 1.82) is 0 Å². The molecule has 0 fully saturated rings. The second-order valence-electron chi connectivity index (χ2n) is 5.51. The van der Waals surface area contributed by atoms with Gasteiger partial charge in [-0.25, -0.2) is 0 Å². The molecule has 0 aliphatic carbocycles. The van der Waals surface area contributed by atoms with Crippen molar-refractivity contribution in [1.82, 2.24) is 0 Å². The third kappa shape index (κ3) is 1.41. The van der Waals surface area contributed by atoms with Crippen LogP contribution in [0.2, 0.25) is 0 Å². The van der Waals surface area contributed by atoms with Crippen LogP contribution in [0.1, 0.15) is 50.6 Å². The molecule has 1 aromatic heterocycles. The molecule has 2 heterocycles. The molecule has 0 saturated carbocycles. The Bertz CT molecular complexity index is 355. The van der Waals surface area contributed by atoms with Gasteiger partial charge in [0.05, 0.1) is 12.2 Å². The smallest absolute Gasteiger partial charge is 0.0891 e. The molecule has 0 unspecified atom stereocenters. The molecular weight excluding hydrogens is 192 g/mol. The van der Waals surface area contributed by atoms with Gasteiger partial charge < -0.3 is 4.74 Å². The molecule has 78 valence electrons. The van der Waals surface area contributed by atoms with Crippen LogP contribution in [-0.4, -0.2) is 0 Å². The van der Waals surface area contributed by atoms with Gasteiger partial charge in [-0.1, -0.05) is 20.8 Å². The predicted molar refractivity (Wildman–Crippen MR) is 60.8 cm³/mol. The summed E-state index contributed by atoms with van der Waals surface area (Å²) in [7, 11) is 0. The molecule has 0 aromatic carbocycles. The summed E-state index contributed by atoms with van der Waals surface area (Å²) in [5.74, 6) is 0. The fourth-order valence-corrected chi connectivity index (χ4v) is 3.32. The van der Waals surface area contributed by atoms with Crippen LogP contribution in [0.15, 0.2) is 5.38 Å². The Labute approximate surface area is 90.1 Å². The molecule has 0 amide bonds. The van der Waals surface area contributed by atoms with E-state index in [9.17, 15) is 0 Å². The van der Waals surface area contributed by atoms with Crippen molar-refractivity contribution in [2.24, 2.45) is 0 Å². The minimum absolute atomic E-state index is 0.0741. The molecule has 0 N–H and O–H groups in total. The van der Waals surface area contributed by atoms with Gasteiger partial charge in [-0.2, -0.15) is 0 Å². The maximum atomic E-state index is 5.79. The van der Waals surface area contributed by atoms with E-state index in [-0.39, 0.29) is 11.0 Å². The third-order valence-electron chi connectivity index (χ3n) is 2.80. The van der Waals surface area contributed by atoms with Crippen molar-refractivity contribution >= 4 is 11.3 Å². The van der Waals surface area contributed by atoms with E-state index in [0.29, 0.717) is 0 Å². The lowest BCUT2D eigenvalue weighted by atomic mass is 9.89. The summed E-state index contributed by atoms with van der Waals surface area (Å²) in [5, 5.41) is 2.27. The van der Waals surface area contributed by atoms with Gasteiger partial charge in [0.2, 0.25) is 0 Å². The minimum atomic E-state index is -0.0741. The minimum Gasteiger partial charge on any atom is -0.366 e. The van der Waals surface area contributed by atoms with Gasteiger partial charge in [0.1, 0.15) is 0 Å². The molecule has 1 nitrogen and oxygen atoms in total. The highest BCUT2D eigenvalue weighted by molar-refractivity contribution is 7.10. The molecule has 1 aliphatic rings. The highest BCUT2D eigenvalue weighted by Gasteiger charge is 2.36. The van der Waals surface area contributed by atoms with Crippen LogP contribution in [0.3, 0.4) is 0 Å². The fraction of sp³-hybridized carbons (Fsp3) is 0.667. The monoisotopic (exact) mass is 210 g/mol. The summed E-state index contributed by atoms with van der Waals surface area (Å²) in [6, 6.07) is 0. The summed E-state index contributed by atoms with van der Waals surface area (Å²) < 4.78 is 5.79. The molecule has 14 heavy (non-hydrogen) atoms. The lowest BCUT2D eigenvalue weighted by molar-refractivity contribution is -0.00812. The van der Waals surface area contributed by atoms with Crippen molar-refractivity contribution in [3.8, 4) is 0 Å². The summed E-state index contributed by atoms with van der Waals surface area (Å²) in [6.45, 7) is 11.9. The first-order chi connectivity index (χ1) is 6.32. The summed E-state index contributed by atoms with van der Waals surface area (Å²) in [5.41, 5.74) is 3.01. The Morgan fingerprint density at radius 2 is 2.00 bits per heavy atom. The number of thiophene rings is 1. The lowest BCUT2D eigenvalue weighted by Crippen LogP contribution is -2.13. The first kappa shape index (κ1) is 10.2. The van der Waals surface area contributed by atoms with E-state index < -0.39 is 0 Å². The van der Waals surface area contributed by atoms with Crippen LogP contribution in [-0.2, 0) is 22.4 Å². The van der Waals surface area contributed by atoms with Crippen LogP contribution < -0.4 is 0 Å². The van der Waals surface area contributed by atoms with Crippen molar-refractivity contribution in [2.45, 2.75) is 52.2 Å².